The fourth-order valence-corrected chi connectivity index (χ4v) is 0. The van der Waals surface area contributed by atoms with Crippen LogP contribution in [0.25, 0.3) is 0 Å². The van der Waals surface area contributed by atoms with E-state index >= 15 is 0 Å². The van der Waals surface area contributed by atoms with Gasteiger partial charge < -0.3 is 70.1 Å². The first-order chi connectivity index (χ1) is 1.73. The standard InChI is InChI=1S/CH2O3.Ca.4ClH.K.Mg.2Na.H2O/c2-1(3)4;;;;;;;;;;/h(H2,2,3,4);;4*1H;;;;;1H2/q;+2;;;;;+1;+2;2*+1;/p-6. The van der Waals surface area contributed by atoms with Crippen molar-refractivity contribution >= 4 is 66.9 Å². The van der Waals surface area contributed by atoms with Crippen molar-refractivity contribution in [3.8, 4) is 0 Å². The fourth-order valence-electron chi connectivity index (χ4n) is 0. The van der Waals surface area contributed by atoms with Gasteiger partial charge >= 0.3 is 171 Å². The van der Waals surface area contributed by atoms with E-state index in [9.17, 15) is 0 Å². The summed E-state index contributed by atoms with van der Waals surface area (Å²) in [5.74, 6) is 0. The topological polar surface area (TPSA) is 94.7 Å². The smallest absolute Gasteiger partial charge is 1.00 e. The molecule has 0 aromatic heterocycles. The third kappa shape index (κ3) is 143. The van der Waals surface area contributed by atoms with Crippen LogP contribution >= 0.6 is 0 Å². The molecule has 0 rings (SSSR count). The van der Waals surface area contributed by atoms with E-state index in [1.807, 2.05) is 0 Å². The Morgan fingerprint density at radius 1 is 0.857 bits per heavy atom. The maximum Gasteiger partial charge on any atom is 2.00 e. The van der Waals surface area contributed by atoms with Crippen molar-refractivity contribution in [1.29, 1.82) is 0 Å². The summed E-state index contributed by atoms with van der Waals surface area (Å²) < 4.78 is 0. The van der Waals surface area contributed by atoms with Crippen molar-refractivity contribution in [1.82, 2.24) is 0 Å². The first kappa shape index (κ1) is 88.8. The van der Waals surface area contributed by atoms with Gasteiger partial charge in [0.1, 0.15) is 0 Å². The molecule has 4 nitrogen and oxygen atoms in total. The maximum atomic E-state index is 8.33. The van der Waals surface area contributed by atoms with E-state index < -0.39 is 6.16 Å². The van der Waals surface area contributed by atoms with Crippen molar-refractivity contribution in [2.75, 3.05) is 0 Å². The quantitative estimate of drug-likeness (QED) is 0.397. The summed E-state index contributed by atoms with van der Waals surface area (Å²) in [6, 6.07) is 0. The summed E-state index contributed by atoms with van der Waals surface area (Å²) in [6.07, 6.45) is -2.33. The van der Waals surface area contributed by atoms with Crippen LogP contribution in [0.4, 0.5) is 4.79 Å². The second-order valence-electron chi connectivity index (χ2n) is 0.250. The van der Waals surface area contributed by atoms with Crippen molar-refractivity contribution in [3.63, 3.8) is 0 Å². The maximum absolute atomic E-state index is 8.33. The van der Waals surface area contributed by atoms with Crippen LogP contribution in [0.3, 0.4) is 0 Å². The van der Waals surface area contributed by atoms with Gasteiger partial charge in [0.2, 0.25) is 0 Å². The van der Waals surface area contributed by atoms with Gasteiger partial charge in [0.25, 0.3) is 0 Å². The minimum Gasteiger partial charge on any atom is -1.00 e. The van der Waals surface area contributed by atoms with Gasteiger partial charge in [0.05, 0.1) is 0 Å². The van der Waals surface area contributed by atoms with Gasteiger partial charge in [0.15, 0.2) is 0 Å². The van der Waals surface area contributed by atoms with Crippen LogP contribution in [-0.4, -0.2) is 72.4 Å². The molecular weight excluding hydrogens is 367 g/mol. The van der Waals surface area contributed by atoms with Crippen molar-refractivity contribution in [3.05, 3.63) is 0 Å². The zero-order valence-electron chi connectivity index (χ0n) is 8.15. The number of hydrogen-bond donors (Lipinski definition) is 0. The number of halogens is 4. The Bertz CT molecular complexity index is 58.3. The van der Waals surface area contributed by atoms with Crippen LogP contribution in [0.1, 0.15) is 0 Å². The molecule has 64 valence electrons. The molecule has 0 unspecified atom stereocenters. The molecule has 0 spiro atoms. The van der Waals surface area contributed by atoms with E-state index in [0.717, 1.165) is 0 Å². The Morgan fingerprint density at radius 3 is 0.857 bits per heavy atom. The predicted octanol–water partition coefficient (Wildman–Crippen LogP) is -25.0. The van der Waals surface area contributed by atoms with Gasteiger partial charge in [-0.25, -0.2) is 0 Å². The third-order valence-corrected chi connectivity index (χ3v) is 0. The molecule has 0 aromatic rings. The van der Waals surface area contributed by atoms with E-state index in [-0.39, 0.29) is 226 Å². The first-order valence-electron chi connectivity index (χ1n) is 0.612. The third-order valence-electron chi connectivity index (χ3n) is 0. The summed E-state index contributed by atoms with van der Waals surface area (Å²) in [6.45, 7) is 0. The van der Waals surface area contributed by atoms with Gasteiger partial charge in [-0.05, 0) is 6.16 Å². The Kier molecular flexibility index (Phi) is 481. The SMILES string of the molecule is O.O=C([O-])[O-].[Ca+2].[Cl-].[Cl-].[Cl-].[Cl-].[K+].[Mg+2].[Na+].[Na+]. The van der Waals surface area contributed by atoms with Crippen LogP contribution in [-0.2, 0) is 0 Å². The molecule has 0 aliphatic carbocycles. The molecule has 14 heavy (non-hydrogen) atoms. The van der Waals surface area contributed by atoms with Gasteiger partial charge in [-0.15, -0.1) is 0 Å². The number of hydrogen-bond acceptors (Lipinski definition) is 3. The molecule has 0 saturated heterocycles. The summed E-state index contributed by atoms with van der Waals surface area (Å²) in [4.78, 5) is 8.33. The van der Waals surface area contributed by atoms with Crippen molar-refractivity contribution < 1.29 is 181 Å². The molecule has 0 atom stereocenters. The van der Waals surface area contributed by atoms with E-state index in [4.69, 9.17) is 15.0 Å². The second-order valence-corrected chi connectivity index (χ2v) is 0.250. The average molecular weight is 369 g/mol. The number of carbonyl (C=O) groups is 1. The summed E-state index contributed by atoms with van der Waals surface area (Å²) in [7, 11) is 0. The Morgan fingerprint density at radius 2 is 0.857 bits per heavy atom. The van der Waals surface area contributed by atoms with Crippen LogP contribution in [0.15, 0.2) is 0 Å². The molecule has 2 N–H and O–H groups in total. The number of carbonyl (C=O) groups excluding carboxylic acids is 1. The summed E-state index contributed by atoms with van der Waals surface area (Å²) in [5, 5.41) is 16.7. The molecular formula is CH2CaCl4KMgNa2O4+. The molecule has 0 bridgehead atoms. The largest absolute Gasteiger partial charge is 2.00 e. The van der Waals surface area contributed by atoms with Crippen LogP contribution in [0, 0.1) is 0 Å². The molecule has 0 aliphatic rings. The first-order valence-corrected chi connectivity index (χ1v) is 0.612. The Hall–Kier alpha value is 6.05. The van der Waals surface area contributed by atoms with E-state index in [2.05, 4.69) is 0 Å². The summed E-state index contributed by atoms with van der Waals surface area (Å²) in [5.41, 5.74) is 0. The van der Waals surface area contributed by atoms with Crippen molar-refractivity contribution in [2.45, 2.75) is 0 Å². The van der Waals surface area contributed by atoms with Gasteiger partial charge in [0, 0.05) is 0 Å². The minimum absolute atomic E-state index is 0. The summed E-state index contributed by atoms with van der Waals surface area (Å²) >= 11 is 0. The number of rotatable bonds is 0. The van der Waals surface area contributed by atoms with Crippen LogP contribution in [0.5, 0.6) is 0 Å². The van der Waals surface area contributed by atoms with E-state index in [1.165, 1.54) is 0 Å². The predicted molar refractivity (Wildman–Crippen MR) is 20.5 cm³/mol. The Balaban J connectivity index is -0.000000001000. The zero-order chi connectivity index (χ0) is 3.58. The monoisotopic (exact) mass is 367 g/mol. The van der Waals surface area contributed by atoms with Gasteiger partial charge in [-0.3, -0.25) is 0 Å². The average Bonchev–Trinajstić information content (AvgIpc) is 0.811. The number of carboxylic acid groups (broad SMARTS) is 2. The molecule has 0 radical (unpaired) electrons. The molecule has 13 heteroatoms. The molecule has 0 heterocycles. The Labute approximate surface area is 241 Å². The van der Waals surface area contributed by atoms with Crippen LogP contribution in [0.2, 0.25) is 0 Å². The molecule has 0 aromatic carbocycles. The zero-order valence-corrected chi connectivity index (χ0v) is 21.9. The normalized spacial score (nSPS) is 1.71. The second kappa shape index (κ2) is 75.8. The van der Waals surface area contributed by atoms with Crippen LogP contribution < -0.4 is 170 Å². The molecule has 0 aliphatic heterocycles. The fraction of sp³-hybridized carbons (Fsp3) is 0. The molecule has 0 saturated carbocycles. The molecule has 0 amide bonds. The van der Waals surface area contributed by atoms with E-state index in [1.54, 1.807) is 0 Å². The van der Waals surface area contributed by atoms with Crippen molar-refractivity contribution in [2.24, 2.45) is 0 Å². The van der Waals surface area contributed by atoms with Gasteiger partial charge in [-0.1, -0.05) is 0 Å². The van der Waals surface area contributed by atoms with E-state index in [0.29, 0.717) is 0 Å². The molecule has 0 fully saturated rings. The minimum atomic E-state index is -2.33. The van der Waals surface area contributed by atoms with Gasteiger partial charge in [-0.2, -0.15) is 0 Å².